The third-order valence-electron chi connectivity index (χ3n) is 7.66. The zero-order valence-corrected chi connectivity index (χ0v) is 22.8. The van der Waals surface area contributed by atoms with Crippen LogP contribution >= 0.6 is 0 Å². The molecule has 0 amide bonds. The minimum absolute atomic E-state index is 0.277. The summed E-state index contributed by atoms with van der Waals surface area (Å²) in [5.74, 6) is 0.340. The summed E-state index contributed by atoms with van der Waals surface area (Å²) in [7, 11) is 0. The Bertz CT molecular complexity index is 1790. The van der Waals surface area contributed by atoms with Gasteiger partial charge in [-0.3, -0.25) is 10.1 Å². The second-order valence-electron chi connectivity index (χ2n) is 10.5. The number of H-pyrrole nitrogens is 2. The molecule has 6 rings (SSSR count). The summed E-state index contributed by atoms with van der Waals surface area (Å²) < 4.78 is 13.9. The zero-order chi connectivity index (χ0) is 27.5. The van der Waals surface area contributed by atoms with Crippen LogP contribution in [0.5, 0.6) is 0 Å². The first-order chi connectivity index (χ1) is 19.5. The molecule has 1 aliphatic rings. The Morgan fingerprint density at radius 3 is 2.80 bits per heavy atom. The van der Waals surface area contributed by atoms with Gasteiger partial charge in [-0.25, -0.2) is 9.37 Å². The van der Waals surface area contributed by atoms with Gasteiger partial charge in [-0.1, -0.05) is 36.9 Å². The van der Waals surface area contributed by atoms with E-state index in [1.807, 2.05) is 42.7 Å². The second kappa shape index (κ2) is 11.4. The van der Waals surface area contributed by atoms with Gasteiger partial charge in [-0.05, 0) is 105 Å². The van der Waals surface area contributed by atoms with Gasteiger partial charge in [0.2, 0.25) is 0 Å². The summed E-state index contributed by atoms with van der Waals surface area (Å²) in [6, 6.07) is 14.6. The summed E-state index contributed by atoms with van der Waals surface area (Å²) in [6.45, 7) is 10.0. The van der Waals surface area contributed by atoms with Crippen molar-refractivity contribution < 1.29 is 4.39 Å². The average Bonchev–Trinajstić information content (AvgIpc) is 3.72. The number of imidazole rings is 1. The Morgan fingerprint density at radius 1 is 1.10 bits per heavy atom. The molecule has 5 aromatic rings. The number of benzene rings is 2. The van der Waals surface area contributed by atoms with E-state index in [9.17, 15) is 4.39 Å². The van der Waals surface area contributed by atoms with Crippen molar-refractivity contribution in [1.29, 1.82) is 0 Å². The molecule has 1 saturated heterocycles. The monoisotopic (exact) mass is 532 g/mol. The number of aromatic amines is 2. The van der Waals surface area contributed by atoms with Crippen LogP contribution in [0.3, 0.4) is 0 Å². The summed E-state index contributed by atoms with van der Waals surface area (Å²) in [5, 5.41) is 9.18. The lowest BCUT2D eigenvalue weighted by Crippen LogP contribution is -2.21. The van der Waals surface area contributed by atoms with Gasteiger partial charge in [0.05, 0.1) is 16.4 Å². The van der Waals surface area contributed by atoms with E-state index in [1.165, 1.54) is 50.2 Å². The van der Waals surface area contributed by atoms with Crippen molar-refractivity contribution in [3.63, 3.8) is 0 Å². The molecule has 202 valence electrons. The van der Waals surface area contributed by atoms with Gasteiger partial charge in [-0.15, -0.1) is 0 Å². The first-order valence-electron chi connectivity index (χ1n) is 13.9. The molecule has 3 aromatic heterocycles. The summed E-state index contributed by atoms with van der Waals surface area (Å²) in [4.78, 5) is 15.2. The number of rotatable bonds is 8. The number of fused-ring (bicyclic) bond motifs is 1. The van der Waals surface area contributed by atoms with Crippen LogP contribution in [0.4, 0.5) is 4.39 Å². The number of nitrogens with one attached hydrogen (secondary N) is 2. The van der Waals surface area contributed by atoms with E-state index in [0.717, 1.165) is 56.7 Å². The quantitative estimate of drug-likeness (QED) is 0.278. The SMILES string of the molecule is C=c1c(-c2nc3c(-c4cccc(F)c4)cccc3[nH]2)n[nH]/c1=C/C=C(\C)c1cncc(CCCN2CCCC2)c1. The molecule has 0 aliphatic carbocycles. The molecular formula is C33H33FN6. The molecule has 7 heteroatoms. The number of aromatic nitrogens is 5. The smallest absolute Gasteiger partial charge is 0.159 e. The fourth-order valence-electron chi connectivity index (χ4n) is 5.40. The van der Waals surface area contributed by atoms with Gasteiger partial charge < -0.3 is 9.88 Å². The highest BCUT2D eigenvalue weighted by Crippen LogP contribution is 2.29. The Hall–Kier alpha value is -4.36. The highest BCUT2D eigenvalue weighted by molar-refractivity contribution is 5.93. The van der Waals surface area contributed by atoms with Gasteiger partial charge in [0.1, 0.15) is 11.5 Å². The lowest BCUT2D eigenvalue weighted by molar-refractivity contribution is 0.334. The predicted octanol–water partition coefficient (Wildman–Crippen LogP) is 5.48. The molecule has 2 aromatic carbocycles. The van der Waals surface area contributed by atoms with Crippen LogP contribution in [0.2, 0.25) is 0 Å². The molecule has 40 heavy (non-hydrogen) atoms. The van der Waals surface area contributed by atoms with Gasteiger partial charge >= 0.3 is 0 Å². The molecule has 0 atom stereocenters. The normalized spacial score (nSPS) is 14.9. The van der Waals surface area contributed by atoms with Crippen molar-refractivity contribution in [2.24, 2.45) is 0 Å². The van der Waals surface area contributed by atoms with E-state index in [0.29, 0.717) is 11.5 Å². The number of pyridine rings is 1. The fourth-order valence-corrected chi connectivity index (χ4v) is 5.40. The van der Waals surface area contributed by atoms with Crippen molar-refractivity contribution in [2.75, 3.05) is 19.6 Å². The van der Waals surface area contributed by atoms with Crippen molar-refractivity contribution in [2.45, 2.75) is 32.6 Å². The number of para-hydroxylation sites is 1. The third kappa shape index (κ3) is 5.51. The molecule has 4 heterocycles. The molecule has 0 spiro atoms. The largest absolute Gasteiger partial charge is 0.337 e. The van der Waals surface area contributed by atoms with Crippen molar-refractivity contribution in [1.82, 2.24) is 30.0 Å². The molecule has 6 nitrogen and oxygen atoms in total. The standard InChI is InChI=1S/C33H33FN6/c1-22(26-18-24(20-35-21-26)8-7-17-40-15-3-4-16-40)13-14-29-23(2)31(39-38-29)33-36-30-12-6-11-28(32(30)37-33)25-9-5-10-27(34)19-25/h5-6,9-14,18-21,38H,2-4,7-8,15-17H2,1H3,(H,36,37)/b22-13+,29-14+. The lowest BCUT2D eigenvalue weighted by Gasteiger charge is -2.14. The lowest BCUT2D eigenvalue weighted by atomic mass is 10.0. The first-order valence-corrected chi connectivity index (χ1v) is 13.9. The third-order valence-corrected chi connectivity index (χ3v) is 7.66. The van der Waals surface area contributed by atoms with Crippen molar-refractivity contribution in [3.05, 3.63) is 94.5 Å². The van der Waals surface area contributed by atoms with E-state index in [2.05, 4.69) is 50.7 Å². The van der Waals surface area contributed by atoms with Crippen molar-refractivity contribution in [3.8, 4) is 22.6 Å². The highest BCUT2D eigenvalue weighted by atomic mass is 19.1. The number of hydrogen-bond acceptors (Lipinski definition) is 4. The molecule has 0 radical (unpaired) electrons. The second-order valence-corrected chi connectivity index (χ2v) is 10.5. The Morgan fingerprint density at radius 2 is 1.95 bits per heavy atom. The molecular weight excluding hydrogens is 499 g/mol. The Balaban J connectivity index is 1.22. The predicted molar refractivity (Wildman–Crippen MR) is 160 cm³/mol. The molecule has 2 N–H and O–H groups in total. The van der Waals surface area contributed by atoms with Crippen molar-refractivity contribution >= 4 is 29.3 Å². The van der Waals surface area contributed by atoms with Crippen LogP contribution in [0.25, 0.3) is 51.9 Å². The maximum atomic E-state index is 13.9. The number of halogens is 1. The van der Waals surface area contributed by atoms with E-state index in [-0.39, 0.29) is 5.82 Å². The summed E-state index contributed by atoms with van der Waals surface area (Å²) >= 11 is 0. The van der Waals surface area contributed by atoms with E-state index in [1.54, 1.807) is 6.07 Å². The number of hydrogen-bond donors (Lipinski definition) is 2. The van der Waals surface area contributed by atoms with E-state index >= 15 is 0 Å². The Labute approximate surface area is 233 Å². The topological polar surface area (TPSA) is 73.5 Å². The Kier molecular flexibility index (Phi) is 7.38. The zero-order valence-electron chi connectivity index (χ0n) is 22.8. The van der Waals surface area contributed by atoms with Gasteiger partial charge in [-0.2, -0.15) is 5.10 Å². The fraction of sp³-hybridized carbons (Fsp3) is 0.242. The number of aryl methyl sites for hydroxylation is 1. The maximum Gasteiger partial charge on any atom is 0.159 e. The van der Waals surface area contributed by atoms with Crippen LogP contribution in [-0.4, -0.2) is 49.7 Å². The number of likely N-dealkylation sites (tertiary alicyclic amines) is 1. The van der Waals surface area contributed by atoms with Crippen LogP contribution < -0.4 is 10.6 Å². The van der Waals surface area contributed by atoms with Crippen LogP contribution in [-0.2, 0) is 6.42 Å². The minimum atomic E-state index is -0.277. The van der Waals surface area contributed by atoms with Crippen LogP contribution in [0, 0.1) is 5.82 Å². The molecule has 1 fully saturated rings. The average molecular weight is 533 g/mol. The maximum absolute atomic E-state index is 13.9. The highest BCUT2D eigenvalue weighted by Gasteiger charge is 2.14. The van der Waals surface area contributed by atoms with Gasteiger partial charge in [0.15, 0.2) is 5.82 Å². The molecule has 0 bridgehead atoms. The van der Waals surface area contributed by atoms with E-state index < -0.39 is 0 Å². The first kappa shape index (κ1) is 25.9. The van der Waals surface area contributed by atoms with E-state index in [4.69, 9.17) is 4.98 Å². The molecule has 1 aliphatic heterocycles. The van der Waals surface area contributed by atoms with Gasteiger partial charge in [0.25, 0.3) is 0 Å². The summed E-state index contributed by atoms with van der Waals surface area (Å²) in [6.07, 6.45) is 12.8. The number of allylic oxidation sites excluding steroid dienone is 2. The summed E-state index contributed by atoms with van der Waals surface area (Å²) in [5.41, 5.74) is 7.41. The van der Waals surface area contributed by atoms with Crippen LogP contribution in [0.15, 0.2) is 67.0 Å². The number of nitrogens with zero attached hydrogens (tertiary/aromatic N) is 4. The minimum Gasteiger partial charge on any atom is -0.337 e. The molecule has 0 unspecified atom stereocenters. The van der Waals surface area contributed by atoms with Crippen LogP contribution in [0.1, 0.15) is 37.3 Å². The molecule has 0 saturated carbocycles. The van der Waals surface area contributed by atoms with Gasteiger partial charge in [0, 0.05) is 23.2 Å².